The molecule has 0 atom stereocenters. The molecular formula is C15H24N4. The lowest BCUT2D eigenvalue weighted by Crippen LogP contribution is -2.46. The van der Waals surface area contributed by atoms with E-state index in [-0.39, 0.29) is 0 Å². The van der Waals surface area contributed by atoms with E-state index in [9.17, 15) is 0 Å². The van der Waals surface area contributed by atoms with Gasteiger partial charge in [0.25, 0.3) is 0 Å². The summed E-state index contributed by atoms with van der Waals surface area (Å²) in [5.41, 5.74) is 7.08. The lowest BCUT2D eigenvalue weighted by atomic mass is 9.99. The highest BCUT2D eigenvalue weighted by molar-refractivity contribution is 5.63. The second-order valence-electron chi connectivity index (χ2n) is 5.72. The molecule has 0 aromatic carbocycles. The third kappa shape index (κ3) is 2.84. The molecule has 4 heteroatoms. The molecule has 1 aromatic heterocycles. The van der Waals surface area contributed by atoms with E-state index in [0.29, 0.717) is 5.82 Å². The van der Waals surface area contributed by atoms with Gasteiger partial charge < -0.3 is 15.5 Å². The Morgan fingerprint density at radius 1 is 1.05 bits per heavy atom. The van der Waals surface area contributed by atoms with Crippen LogP contribution in [0.25, 0.3) is 0 Å². The number of likely N-dealkylation sites (tertiary alicyclic amines) is 1. The number of pyridine rings is 1. The summed E-state index contributed by atoms with van der Waals surface area (Å²) >= 11 is 0. The first-order chi connectivity index (χ1) is 9.34. The number of nitrogen functional groups attached to an aromatic ring is 1. The second-order valence-corrected chi connectivity index (χ2v) is 5.72. The van der Waals surface area contributed by atoms with Crippen LogP contribution in [-0.2, 0) is 0 Å². The number of hydrogen-bond donors (Lipinski definition) is 1. The predicted octanol–water partition coefficient (Wildman–Crippen LogP) is 2.12. The van der Waals surface area contributed by atoms with Gasteiger partial charge in [0.15, 0.2) is 0 Å². The number of rotatable bonds is 2. The Labute approximate surface area is 115 Å². The van der Waals surface area contributed by atoms with Crippen LogP contribution in [0.3, 0.4) is 0 Å². The van der Waals surface area contributed by atoms with Crippen LogP contribution >= 0.6 is 0 Å². The standard InChI is InChI=1S/C15H24N4/c16-15-14(5-4-8-17-15)19-11-6-13(7-12-19)18-9-2-1-3-10-18/h4-5,8,13H,1-3,6-7,9-12H2,(H2,16,17). The van der Waals surface area contributed by atoms with Gasteiger partial charge in [-0.2, -0.15) is 0 Å². The number of hydrogen-bond acceptors (Lipinski definition) is 4. The number of anilines is 2. The molecule has 0 amide bonds. The number of aromatic nitrogens is 1. The minimum absolute atomic E-state index is 0.666. The molecule has 0 saturated carbocycles. The molecule has 4 nitrogen and oxygen atoms in total. The van der Waals surface area contributed by atoms with E-state index in [1.165, 1.54) is 45.2 Å². The van der Waals surface area contributed by atoms with E-state index in [1.807, 2.05) is 6.07 Å². The summed E-state index contributed by atoms with van der Waals surface area (Å²) in [6.07, 6.45) is 8.47. The van der Waals surface area contributed by atoms with Gasteiger partial charge in [-0.05, 0) is 50.9 Å². The Kier molecular flexibility index (Phi) is 3.87. The van der Waals surface area contributed by atoms with Gasteiger partial charge in [-0.3, -0.25) is 0 Å². The van der Waals surface area contributed by atoms with Crippen molar-refractivity contribution in [3.8, 4) is 0 Å². The van der Waals surface area contributed by atoms with Crippen LogP contribution in [0.1, 0.15) is 32.1 Å². The summed E-state index contributed by atoms with van der Waals surface area (Å²) in [5.74, 6) is 0.666. The van der Waals surface area contributed by atoms with Crippen LogP contribution in [0.15, 0.2) is 18.3 Å². The van der Waals surface area contributed by atoms with Gasteiger partial charge in [0.1, 0.15) is 5.82 Å². The zero-order chi connectivity index (χ0) is 13.1. The van der Waals surface area contributed by atoms with Gasteiger partial charge in [0.05, 0.1) is 5.69 Å². The van der Waals surface area contributed by atoms with Crippen LogP contribution in [0.2, 0.25) is 0 Å². The monoisotopic (exact) mass is 260 g/mol. The number of piperidine rings is 2. The maximum atomic E-state index is 5.97. The van der Waals surface area contributed by atoms with Crippen LogP contribution < -0.4 is 10.6 Å². The highest BCUT2D eigenvalue weighted by Gasteiger charge is 2.26. The number of nitrogens with two attached hydrogens (primary N) is 1. The van der Waals surface area contributed by atoms with Crippen molar-refractivity contribution in [1.82, 2.24) is 9.88 Å². The second kappa shape index (κ2) is 5.78. The van der Waals surface area contributed by atoms with Crippen molar-refractivity contribution in [2.24, 2.45) is 0 Å². The first kappa shape index (κ1) is 12.7. The number of nitrogens with zero attached hydrogens (tertiary/aromatic N) is 3. The van der Waals surface area contributed by atoms with Crippen molar-refractivity contribution in [2.45, 2.75) is 38.1 Å². The first-order valence-corrected chi connectivity index (χ1v) is 7.54. The molecule has 2 N–H and O–H groups in total. The van der Waals surface area contributed by atoms with Crippen molar-refractivity contribution in [3.63, 3.8) is 0 Å². The summed E-state index contributed by atoms with van der Waals surface area (Å²) in [6, 6.07) is 4.85. The van der Waals surface area contributed by atoms with E-state index in [1.54, 1.807) is 6.20 Å². The van der Waals surface area contributed by atoms with Crippen LogP contribution in [0.5, 0.6) is 0 Å². The van der Waals surface area contributed by atoms with Gasteiger partial charge in [0, 0.05) is 25.3 Å². The Balaban J connectivity index is 1.58. The van der Waals surface area contributed by atoms with Crippen molar-refractivity contribution >= 4 is 11.5 Å². The molecule has 2 fully saturated rings. The fraction of sp³-hybridized carbons (Fsp3) is 0.667. The van der Waals surface area contributed by atoms with Crippen molar-refractivity contribution in [2.75, 3.05) is 36.8 Å². The van der Waals surface area contributed by atoms with Crippen LogP contribution in [0.4, 0.5) is 11.5 Å². The largest absolute Gasteiger partial charge is 0.382 e. The van der Waals surface area contributed by atoms with E-state index in [2.05, 4.69) is 20.9 Å². The normalized spacial score (nSPS) is 22.6. The van der Waals surface area contributed by atoms with E-state index in [0.717, 1.165) is 24.8 Å². The average molecular weight is 260 g/mol. The molecule has 0 spiro atoms. The van der Waals surface area contributed by atoms with E-state index in [4.69, 9.17) is 5.73 Å². The molecule has 3 rings (SSSR count). The highest BCUT2D eigenvalue weighted by Crippen LogP contribution is 2.27. The van der Waals surface area contributed by atoms with E-state index >= 15 is 0 Å². The van der Waals surface area contributed by atoms with Gasteiger partial charge in [-0.15, -0.1) is 0 Å². The molecule has 19 heavy (non-hydrogen) atoms. The van der Waals surface area contributed by atoms with E-state index < -0.39 is 0 Å². The molecule has 2 aliphatic rings. The quantitative estimate of drug-likeness (QED) is 0.884. The predicted molar refractivity (Wildman–Crippen MR) is 79.3 cm³/mol. The molecule has 0 radical (unpaired) electrons. The van der Waals surface area contributed by atoms with Crippen molar-refractivity contribution in [1.29, 1.82) is 0 Å². The molecule has 0 unspecified atom stereocenters. The topological polar surface area (TPSA) is 45.4 Å². The Hall–Kier alpha value is -1.29. The maximum absolute atomic E-state index is 5.97. The fourth-order valence-electron chi connectivity index (χ4n) is 3.43. The van der Waals surface area contributed by atoms with Crippen LogP contribution in [0, 0.1) is 0 Å². The summed E-state index contributed by atoms with van der Waals surface area (Å²) < 4.78 is 0. The van der Waals surface area contributed by atoms with Gasteiger partial charge >= 0.3 is 0 Å². The molecular weight excluding hydrogens is 236 g/mol. The molecule has 3 heterocycles. The maximum Gasteiger partial charge on any atom is 0.146 e. The van der Waals surface area contributed by atoms with Crippen molar-refractivity contribution < 1.29 is 0 Å². The lowest BCUT2D eigenvalue weighted by Gasteiger charge is -2.41. The molecule has 104 valence electrons. The summed E-state index contributed by atoms with van der Waals surface area (Å²) in [6.45, 7) is 4.83. The average Bonchev–Trinajstić information content (AvgIpc) is 2.49. The highest BCUT2D eigenvalue weighted by atomic mass is 15.2. The molecule has 2 saturated heterocycles. The Morgan fingerprint density at radius 3 is 2.47 bits per heavy atom. The third-order valence-corrected chi connectivity index (χ3v) is 4.53. The third-order valence-electron chi connectivity index (χ3n) is 4.53. The summed E-state index contributed by atoms with van der Waals surface area (Å²) in [7, 11) is 0. The minimum atomic E-state index is 0.666. The van der Waals surface area contributed by atoms with Gasteiger partial charge in [-0.1, -0.05) is 6.42 Å². The Morgan fingerprint density at radius 2 is 1.79 bits per heavy atom. The smallest absolute Gasteiger partial charge is 0.146 e. The fourth-order valence-corrected chi connectivity index (χ4v) is 3.43. The Bertz CT molecular complexity index is 406. The molecule has 0 aliphatic carbocycles. The molecule has 2 aliphatic heterocycles. The van der Waals surface area contributed by atoms with Crippen LogP contribution in [-0.4, -0.2) is 42.1 Å². The summed E-state index contributed by atoms with van der Waals surface area (Å²) in [5, 5.41) is 0. The van der Waals surface area contributed by atoms with Crippen molar-refractivity contribution in [3.05, 3.63) is 18.3 Å². The molecule has 0 bridgehead atoms. The van der Waals surface area contributed by atoms with Gasteiger partial charge in [-0.25, -0.2) is 4.98 Å². The zero-order valence-electron chi connectivity index (χ0n) is 11.6. The SMILES string of the molecule is Nc1ncccc1N1CCC(N2CCCCC2)CC1. The minimum Gasteiger partial charge on any atom is -0.382 e. The molecule has 1 aromatic rings. The first-order valence-electron chi connectivity index (χ1n) is 7.54. The van der Waals surface area contributed by atoms with Gasteiger partial charge in [0.2, 0.25) is 0 Å². The lowest BCUT2D eigenvalue weighted by molar-refractivity contribution is 0.141. The zero-order valence-corrected chi connectivity index (χ0v) is 11.6. The summed E-state index contributed by atoms with van der Waals surface area (Å²) in [4.78, 5) is 9.28.